The van der Waals surface area contributed by atoms with Gasteiger partial charge in [-0.3, -0.25) is 10.1 Å². The van der Waals surface area contributed by atoms with Crippen molar-refractivity contribution in [2.24, 2.45) is 0 Å². The standard InChI is InChI=1S/C12H10ClN3O4/c1-7-11(13)14-6-15-12(7)20-10-5-8(19-2)3-4-9(10)16(17)18/h3-6H,1-2H3. The van der Waals surface area contributed by atoms with Crippen LogP contribution in [0.5, 0.6) is 17.4 Å². The van der Waals surface area contributed by atoms with Crippen LogP contribution in [0.3, 0.4) is 0 Å². The van der Waals surface area contributed by atoms with E-state index in [1.807, 2.05) is 0 Å². The van der Waals surface area contributed by atoms with Crippen LogP contribution in [-0.2, 0) is 0 Å². The quantitative estimate of drug-likeness (QED) is 0.489. The first-order valence-electron chi connectivity index (χ1n) is 5.50. The van der Waals surface area contributed by atoms with Gasteiger partial charge in [-0.2, -0.15) is 0 Å². The molecule has 0 spiro atoms. The Morgan fingerprint density at radius 2 is 2.10 bits per heavy atom. The number of nitrogens with zero attached hydrogens (tertiary/aromatic N) is 3. The second kappa shape index (κ2) is 5.70. The number of rotatable bonds is 4. The first-order chi connectivity index (χ1) is 9.52. The first kappa shape index (κ1) is 14.0. The Morgan fingerprint density at radius 1 is 1.35 bits per heavy atom. The van der Waals surface area contributed by atoms with E-state index in [1.165, 1.54) is 31.6 Å². The third-order valence-electron chi connectivity index (χ3n) is 2.55. The summed E-state index contributed by atoms with van der Waals surface area (Å²) >= 11 is 5.85. The fraction of sp³-hybridized carbons (Fsp3) is 0.167. The highest BCUT2D eigenvalue weighted by Crippen LogP contribution is 2.35. The van der Waals surface area contributed by atoms with Crippen molar-refractivity contribution in [2.75, 3.05) is 7.11 Å². The summed E-state index contributed by atoms with van der Waals surface area (Å²) in [5.41, 5.74) is 0.297. The highest BCUT2D eigenvalue weighted by atomic mass is 35.5. The van der Waals surface area contributed by atoms with Gasteiger partial charge in [0.25, 0.3) is 0 Å². The van der Waals surface area contributed by atoms with E-state index in [9.17, 15) is 10.1 Å². The first-order valence-corrected chi connectivity index (χ1v) is 5.88. The van der Waals surface area contributed by atoms with Crippen LogP contribution in [0.2, 0.25) is 5.15 Å². The van der Waals surface area contributed by atoms with Crippen LogP contribution in [0.4, 0.5) is 5.69 Å². The summed E-state index contributed by atoms with van der Waals surface area (Å²) in [5, 5.41) is 11.2. The van der Waals surface area contributed by atoms with Crippen molar-refractivity contribution >= 4 is 17.3 Å². The van der Waals surface area contributed by atoms with E-state index in [0.717, 1.165) is 0 Å². The summed E-state index contributed by atoms with van der Waals surface area (Å²) < 4.78 is 10.5. The lowest BCUT2D eigenvalue weighted by molar-refractivity contribution is -0.385. The zero-order valence-electron chi connectivity index (χ0n) is 10.7. The van der Waals surface area contributed by atoms with Gasteiger partial charge in [-0.05, 0) is 13.0 Å². The number of halogens is 1. The van der Waals surface area contributed by atoms with E-state index in [1.54, 1.807) is 6.92 Å². The van der Waals surface area contributed by atoms with Crippen molar-refractivity contribution in [3.63, 3.8) is 0 Å². The van der Waals surface area contributed by atoms with Gasteiger partial charge >= 0.3 is 5.69 Å². The van der Waals surface area contributed by atoms with Crippen LogP contribution >= 0.6 is 11.6 Å². The third kappa shape index (κ3) is 2.77. The summed E-state index contributed by atoms with van der Waals surface area (Å²) in [6.07, 6.45) is 1.22. The molecule has 0 atom stereocenters. The normalized spacial score (nSPS) is 10.2. The molecule has 0 N–H and O–H groups in total. The van der Waals surface area contributed by atoms with E-state index in [0.29, 0.717) is 11.3 Å². The van der Waals surface area contributed by atoms with Crippen molar-refractivity contribution in [1.82, 2.24) is 9.97 Å². The van der Waals surface area contributed by atoms with E-state index >= 15 is 0 Å². The Balaban J connectivity index is 2.46. The maximum Gasteiger partial charge on any atom is 0.311 e. The van der Waals surface area contributed by atoms with Crippen LogP contribution in [0.15, 0.2) is 24.5 Å². The summed E-state index contributed by atoms with van der Waals surface area (Å²) in [7, 11) is 1.46. The van der Waals surface area contributed by atoms with Gasteiger partial charge in [-0.25, -0.2) is 9.97 Å². The molecule has 1 aromatic carbocycles. The average molecular weight is 296 g/mol. The summed E-state index contributed by atoms with van der Waals surface area (Å²) in [4.78, 5) is 18.1. The molecule has 1 aromatic heterocycles. The number of benzene rings is 1. The maximum absolute atomic E-state index is 11.0. The average Bonchev–Trinajstić information content (AvgIpc) is 2.43. The van der Waals surface area contributed by atoms with E-state index in [-0.39, 0.29) is 22.5 Å². The van der Waals surface area contributed by atoms with Gasteiger partial charge in [0.2, 0.25) is 11.6 Å². The lowest BCUT2D eigenvalue weighted by Crippen LogP contribution is -1.98. The Hall–Kier alpha value is -2.41. The predicted molar refractivity (Wildman–Crippen MR) is 71.5 cm³/mol. The Bertz CT molecular complexity index is 663. The van der Waals surface area contributed by atoms with Crippen molar-refractivity contribution in [1.29, 1.82) is 0 Å². The molecule has 0 aliphatic rings. The van der Waals surface area contributed by atoms with Gasteiger partial charge in [0.1, 0.15) is 17.2 Å². The predicted octanol–water partition coefficient (Wildman–Crippen LogP) is 3.15. The zero-order chi connectivity index (χ0) is 14.7. The van der Waals surface area contributed by atoms with Gasteiger partial charge < -0.3 is 9.47 Å². The summed E-state index contributed by atoms with van der Waals surface area (Å²) in [6, 6.07) is 4.19. The number of ether oxygens (including phenoxy) is 2. The number of nitro benzene ring substituents is 1. The second-order valence-corrected chi connectivity index (χ2v) is 4.15. The van der Waals surface area contributed by atoms with Crippen molar-refractivity contribution in [3.05, 3.63) is 45.4 Å². The van der Waals surface area contributed by atoms with E-state index in [2.05, 4.69) is 9.97 Å². The van der Waals surface area contributed by atoms with Gasteiger partial charge in [-0.15, -0.1) is 0 Å². The van der Waals surface area contributed by atoms with Crippen molar-refractivity contribution in [3.8, 4) is 17.4 Å². The molecule has 0 fully saturated rings. The number of hydrogen-bond acceptors (Lipinski definition) is 6. The van der Waals surface area contributed by atoms with Crippen molar-refractivity contribution < 1.29 is 14.4 Å². The second-order valence-electron chi connectivity index (χ2n) is 3.79. The summed E-state index contributed by atoms with van der Waals surface area (Å²) in [6.45, 7) is 1.66. The van der Waals surface area contributed by atoms with Gasteiger partial charge in [0, 0.05) is 17.7 Å². The lowest BCUT2D eigenvalue weighted by Gasteiger charge is -2.09. The molecule has 7 nitrogen and oxygen atoms in total. The third-order valence-corrected chi connectivity index (χ3v) is 2.93. The largest absolute Gasteiger partial charge is 0.497 e. The number of hydrogen-bond donors (Lipinski definition) is 0. The Morgan fingerprint density at radius 3 is 2.75 bits per heavy atom. The van der Waals surface area contributed by atoms with Crippen LogP contribution in [0.25, 0.3) is 0 Å². The minimum Gasteiger partial charge on any atom is -0.497 e. The number of methoxy groups -OCH3 is 1. The van der Waals surface area contributed by atoms with Crippen LogP contribution in [0.1, 0.15) is 5.56 Å². The molecule has 104 valence electrons. The SMILES string of the molecule is COc1ccc([N+](=O)[O-])c(Oc2ncnc(Cl)c2C)c1. The van der Waals surface area contributed by atoms with Crippen LogP contribution in [-0.4, -0.2) is 22.0 Å². The molecule has 2 rings (SSSR count). The van der Waals surface area contributed by atoms with E-state index < -0.39 is 4.92 Å². The molecule has 20 heavy (non-hydrogen) atoms. The van der Waals surface area contributed by atoms with Gasteiger partial charge in [-0.1, -0.05) is 11.6 Å². The molecule has 0 amide bonds. The summed E-state index contributed by atoms with van der Waals surface area (Å²) in [5.74, 6) is 0.608. The van der Waals surface area contributed by atoms with E-state index in [4.69, 9.17) is 21.1 Å². The zero-order valence-corrected chi connectivity index (χ0v) is 11.4. The molecule has 1 heterocycles. The van der Waals surface area contributed by atoms with Crippen molar-refractivity contribution in [2.45, 2.75) is 6.92 Å². The Kier molecular flexibility index (Phi) is 3.99. The van der Waals surface area contributed by atoms with Crippen LogP contribution in [0, 0.1) is 17.0 Å². The van der Waals surface area contributed by atoms with Crippen LogP contribution < -0.4 is 9.47 Å². The van der Waals surface area contributed by atoms with Gasteiger partial charge in [0.05, 0.1) is 12.0 Å². The molecule has 0 bridgehead atoms. The molecule has 0 saturated carbocycles. The monoisotopic (exact) mass is 295 g/mol. The smallest absolute Gasteiger partial charge is 0.311 e. The molecule has 0 saturated heterocycles. The highest BCUT2D eigenvalue weighted by Gasteiger charge is 2.18. The lowest BCUT2D eigenvalue weighted by atomic mass is 10.2. The number of nitro groups is 1. The minimum atomic E-state index is -0.549. The molecule has 8 heteroatoms. The molecule has 0 radical (unpaired) electrons. The molecular weight excluding hydrogens is 286 g/mol. The molecule has 0 aliphatic heterocycles. The van der Waals surface area contributed by atoms with Gasteiger partial charge in [0.15, 0.2) is 0 Å². The molecule has 0 aliphatic carbocycles. The fourth-order valence-corrected chi connectivity index (χ4v) is 1.60. The number of aromatic nitrogens is 2. The Labute approximate surface area is 119 Å². The topological polar surface area (TPSA) is 87.4 Å². The maximum atomic E-state index is 11.0. The molecule has 0 unspecified atom stereocenters. The molecular formula is C12H10ClN3O4. The fourth-order valence-electron chi connectivity index (χ4n) is 1.47. The highest BCUT2D eigenvalue weighted by molar-refractivity contribution is 6.30. The minimum absolute atomic E-state index is 0.0206. The molecule has 2 aromatic rings.